The Morgan fingerprint density at radius 3 is 2.57 bits per heavy atom. The van der Waals surface area contributed by atoms with Crippen LogP contribution in [0.4, 0.5) is 10.8 Å². The zero-order valence-corrected chi connectivity index (χ0v) is 18.6. The lowest BCUT2D eigenvalue weighted by molar-refractivity contribution is -0.118. The molecule has 1 aromatic heterocycles. The number of hydrazone groups is 1. The Bertz CT molecular complexity index is 1070. The summed E-state index contributed by atoms with van der Waals surface area (Å²) < 4.78 is 11.7. The molecule has 2 N–H and O–H groups in total. The van der Waals surface area contributed by atoms with Gasteiger partial charge in [0.1, 0.15) is 11.5 Å². The molecule has 0 aliphatic carbocycles. The average Bonchev–Trinajstić information content (AvgIpc) is 3.16. The first-order valence-corrected chi connectivity index (χ1v) is 10.5. The first-order chi connectivity index (χ1) is 14.4. The number of aryl methyl sites for hydroxylation is 2. The van der Waals surface area contributed by atoms with Gasteiger partial charge in [0.05, 0.1) is 17.3 Å². The third-order valence-electron chi connectivity index (χ3n) is 4.66. The van der Waals surface area contributed by atoms with Crippen LogP contribution >= 0.6 is 11.3 Å². The Balaban J connectivity index is 1.72. The van der Waals surface area contributed by atoms with Crippen LogP contribution in [-0.2, 0) is 4.79 Å². The predicted molar refractivity (Wildman–Crippen MR) is 123 cm³/mol. The number of thiazole rings is 1. The molecule has 0 unspecified atom stereocenters. The van der Waals surface area contributed by atoms with Gasteiger partial charge < -0.3 is 14.8 Å². The minimum absolute atomic E-state index is 0.0796. The smallest absolute Gasteiger partial charge is 0.262 e. The van der Waals surface area contributed by atoms with Crippen LogP contribution in [0, 0.1) is 13.8 Å². The monoisotopic (exact) mass is 426 g/mol. The molecule has 0 atom stereocenters. The molecule has 3 aromatic rings. The molecule has 0 aliphatic rings. The zero-order chi connectivity index (χ0) is 21.7. The largest absolute Gasteiger partial charge is 0.497 e. The maximum Gasteiger partial charge on any atom is 0.262 e. The summed E-state index contributed by atoms with van der Waals surface area (Å²) in [7, 11) is 1.60. The number of carbonyl (C=O) groups is 1. The number of nitrogens with zero attached hydrogens (tertiary/aromatic N) is 2. The van der Waals surface area contributed by atoms with E-state index in [-0.39, 0.29) is 12.5 Å². The lowest BCUT2D eigenvalue weighted by Gasteiger charge is -2.13. The molecule has 0 aliphatic heterocycles. The summed E-state index contributed by atoms with van der Waals surface area (Å²) in [5, 5.41) is 8.02. The molecule has 2 aromatic carbocycles. The number of hydrogen-bond donors (Lipinski definition) is 2. The van der Waals surface area contributed by atoms with E-state index in [0.717, 1.165) is 50.0 Å². The zero-order valence-electron chi connectivity index (χ0n) is 17.8. The molecule has 1 heterocycles. The van der Waals surface area contributed by atoms with E-state index in [1.54, 1.807) is 31.4 Å². The van der Waals surface area contributed by atoms with E-state index in [9.17, 15) is 4.79 Å². The minimum Gasteiger partial charge on any atom is -0.497 e. The minimum atomic E-state index is -0.220. The quantitative estimate of drug-likeness (QED) is 0.385. The molecule has 3 rings (SSSR count). The molecule has 8 heteroatoms. The second-order valence-corrected chi connectivity index (χ2v) is 7.88. The Hall–Kier alpha value is -3.13. The molecular weight excluding hydrogens is 400 g/mol. The maximum atomic E-state index is 12.5. The molecule has 0 bridgehead atoms. The second kappa shape index (κ2) is 9.58. The summed E-state index contributed by atoms with van der Waals surface area (Å²) in [6, 6.07) is 9.08. The van der Waals surface area contributed by atoms with Crippen LogP contribution in [0.5, 0.6) is 11.5 Å². The highest BCUT2D eigenvalue weighted by atomic mass is 32.1. The third-order valence-corrected chi connectivity index (χ3v) is 5.76. The van der Waals surface area contributed by atoms with Crippen molar-refractivity contribution in [2.24, 2.45) is 5.10 Å². The van der Waals surface area contributed by atoms with E-state index >= 15 is 0 Å². The number of amides is 1. The van der Waals surface area contributed by atoms with Crippen molar-refractivity contribution in [3.05, 3.63) is 41.5 Å². The fourth-order valence-corrected chi connectivity index (χ4v) is 3.74. The number of fused-ring (bicyclic) bond motifs is 1. The van der Waals surface area contributed by atoms with Gasteiger partial charge in [0, 0.05) is 11.4 Å². The summed E-state index contributed by atoms with van der Waals surface area (Å²) in [5.74, 6) is 1.12. The van der Waals surface area contributed by atoms with E-state index in [1.807, 2.05) is 26.8 Å². The van der Waals surface area contributed by atoms with Gasteiger partial charge in [-0.25, -0.2) is 4.98 Å². The van der Waals surface area contributed by atoms with Crippen LogP contribution in [0.3, 0.4) is 0 Å². The Kier molecular flexibility index (Phi) is 6.89. The Morgan fingerprint density at radius 1 is 1.20 bits per heavy atom. The predicted octanol–water partition coefficient (Wildman–Crippen LogP) is 5.14. The molecule has 30 heavy (non-hydrogen) atoms. The van der Waals surface area contributed by atoms with Crippen LogP contribution in [-0.4, -0.2) is 30.3 Å². The lowest BCUT2D eigenvalue weighted by atomic mass is 10.1. The van der Waals surface area contributed by atoms with Crippen molar-refractivity contribution >= 4 is 44.0 Å². The number of ether oxygens (including phenoxy) is 2. The topological polar surface area (TPSA) is 84.8 Å². The van der Waals surface area contributed by atoms with Crippen LogP contribution in [0.1, 0.15) is 31.4 Å². The van der Waals surface area contributed by atoms with Crippen LogP contribution in [0.2, 0.25) is 0 Å². The van der Waals surface area contributed by atoms with Gasteiger partial charge in [-0.2, -0.15) is 5.10 Å². The first kappa shape index (κ1) is 21.6. The highest BCUT2D eigenvalue weighted by Gasteiger charge is 2.15. The normalized spacial score (nSPS) is 11.4. The van der Waals surface area contributed by atoms with E-state index in [0.29, 0.717) is 5.75 Å². The van der Waals surface area contributed by atoms with Crippen molar-refractivity contribution in [1.82, 2.24) is 4.98 Å². The van der Waals surface area contributed by atoms with Crippen LogP contribution in [0.15, 0.2) is 35.4 Å². The van der Waals surface area contributed by atoms with Crippen molar-refractivity contribution in [3.63, 3.8) is 0 Å². The molecule has 0 saturated carbocycles. The summed E-state index contributed by atoms with van der Waals surface area (Å²) in [6.45, 7) is 7.89. The summed E-state index contributed by atoms with van der Waals surface area (Å²) in [5.41, 5.74) is 7.62. The number of carbonyl (C=O) groups excluding carboxylic acids is 1. The number of methoxy groups -OCH3 is 1. The molecule has 0 spiro atoms. The van der Waals surface area contributed by atoms with Crippen LogP contribution < -0.4 is 20.2 Å². The van der Waals surface area contributed by atoms with Gasteiger partial charge in [0.2, 0.25) is 5.13 Å². The van der Waals surface area contributed by atoms with Gasteiger partial charge in [0.25, 0.3) is 5.91 Å². The average molecular weight is 427 g/mol. The second-order valence-electron chi connectivity index (χ2n) is 6.89. The number of nitrogens with one attached hydrogen (secondary N) is 2. The Labute approximate surface area is 180 Å². The molecule has 1 amide bonds. The molecule has 7 nitrogen and oxygen atoms in total. The van der Waals surface area contributed by atoms with Gasteiger partial charge in [-0.05, 0) is 68.7 Å². The fourth-order valence-electron chi connectivity index (χ4n) is 2.84. The molecule has 158 valence electrons. The maximum absolute atomic E-state index is 12.5. The first-order valence-electron chi connectivity index (χ1n) is 9.67. The van der Waals surface area contributed by atoms with Gasteiger partial charge in [-0.15, -0.1) is 0 Å². The number of benzene rings is 2. The van der Waals surface area contributed by atoms with E-state index in [1.165, 1.54) is 11.3 Å². The highest BCUT2D eigenvalue weighted by Crippen LogP contribution is 2.35. The summed E-state index contributed by atoms with van der Waals surface area (Å²) in [6.07, 6.45) is 0.880. The fraction of sp³-hybridized carbons (Fsp3) is 0.318. The molecule has 0 saturated heterocycles. The van der Waals surface area contributed by atoms with Crippen molar-refractivity contribution in [2.75, 3.05) is 24.5 Å². The number of anilines is 2. The van der Waals surface area contributed by atoms with Gasteiger partial charge >= 0.3 is 0 Å². The number of hydrogen-bond acceptors (Lipinski definition) is 7. The van der Waals surface area contributed by atoms with E-state index < -0.39 is 0 Å². The summed E-state index contributed by atoms with van der Waals surface area (Å²) >= 11 is 1.52. The van der Waals surface area contributed by atoms with Gasteiger partial charge in [-0.3, -0.25) is 10.2 Å². The van der Waals surface area contributed by atoms with Gasteiger partial charge in [-0.1, -0.05) is 18.3 Å². The Morgan fingerprint density at radius 2 is 1.90 bits per heavy atom. The SMILES string of the molecule is CC/C(C)=N\Nc1nc2cc(C)c(NC(=O)COc3ccc(OC)cc3)c(C)c2s1. The van der Waals surface area contributed by atoms with Crippen molar-refractivity contribution in [2.45, 2.75) is 34.1 Å². The van der Waals surface area contributed by atoms with Gasteiger partial charge in [0.15, 0.2) is 6.61 Å². The van der Waals surface area contributed by atoms with Crippen LogP contribution in [0.25, 0.3) is 10.2 Å². The number of rotatable bonds is 8. The van der Waals surface area contributed by atoms with E-state index in [2.05, 4.69) is 27.8 Å². The highest BCUT2D eigenvalue weighted by molar-refractivity contribution is 7.22. The summed E-state index contributed by atoms with van der Waals surface area (Å²) in [4.78, 5) is 17.1. The number of aromatic nitrogens is 1. The van der Waals surface area contributed by atoms with E-state index in [4.69, 9.17) is 9.47 Å². The standard InChI is InChI=1S/C22H26N4O3S/c1-6-14(3)25-26-22-23-18-11-13(2)20(15(4)21(18)30-22)24-19(27)12-29-17-9-7-16(28-5)8-10-17/h7-11H,6,12H2,1-5H3,(H,23,26)(H,24,27)/b25-14-. The molecular formula is C22H26N4O3S. The van der Waals surface area contributed by atoms with Crippen molar-refractivity contribution in [3.8, 4) is 11.5 Å². The third kappa shape index (κ3) is 5.07. The van der Waals surface area contributed by atoms with Crippen molar-refractivity contribution in [1.29, 1.82) is 0 Å². The lowest BCUT2D eigenvalue weighted by Crippen LogP contribution is -2.21. The van der Waals surface area contributed by atoms with Crippen molar-refractivity contribution < 1.29 is 14.3 Å². The molecule has 0 fully saturated rings. The molecule has 0 radical (unpaired) electrons.